The molecule has 0 fully saturated rings. The first-order valence-corrected chi connectivity index (χ1v) is 7.99. The molecule has 0 saturated carbocycles. The molecule has 2 aromatic carbocycles. The molecule has 0 radical (unpaired) electrons. The van der Waals surface area contributed by atoms with E-state index >= 15 is 0 Å². The van der Waals surface area contributed by atoms with Crippen LogP contribution in [0.25, 0.3) is 6.08 Å². The van der Waals surface area contributed by atoms with Crippen molar-refractivity contribution in [1.29, 1.82) is 0 Å². The number of benzene rings is 2. The largest absolute Gasteiger partial charge is 0.494 e. The molecule has 0 aliphatic carbocycles. The van der Waals surface area contributed by atoms with E-state index in [4.69, 9.17) is 9.47 Å². The molecule has 0 aromatic heterocycles. The van der Waals surface area contributed by atoms with Crippen molar-refractivity contribution in [2.45, 2.75) is 13.8 Å². The molecule has 132 valence electrons. The first kappa shape index (κ1) is 18.5. The number of hydrogen-bond acceptors (Lipinski definition) is 3. The van der Waals surface area contributed by atoms with E-state index in [0.29, 0.717) is 18.7 Å². The lowest BCUT2D eigenvalue weighted by atomic mass is 10.1. The maximum absolute atomic E-state index is 13.6. The Morgan fingerprint density at radius 2 is 1.92 bits per heavy atom. The molecule has 4 nitrogen and oxygen atoms in total. The van der Waals surface area contributed by atoms with Crippen molar-refractivity contribution in [1.82, 2.24) is 5.32 Å². The average molecular weight is 343 g/mol. The number of methoxy groups -OCH3 is 1. The first-order valence-electron chi connectivity index (χ1n) is 7.99. The summed E-state index contributed by atoms with van der Waals surface area (Å²) in [6, 6.07) is 10.5. The summed E-state index contributed by atoms with van der Waals surface area (Å²) in [4.78, 5) is 11.8. The van der Waals surface area contributed by atoms with Crippen molar-refractivity contribution in [3.8, 4) is 11.5 Å². The van der Waals surface area contributed by atoms with Gasteiger partial charge < -0.3 is 14.8 Å². The Bertz CT molecular complexity index is 772. The van der Waals surface area contributed by atoms with Gasteiger partial charge in [0.25, 0.3) is 0 Å². The number of aryl methyl sites for hydroxylation is 2. The van der Waals surface area contributed by atoms with Crippen LogP contribution in [-0.2, 0) is 4.79 Å². The summed E-state index contributed by atoms with van der Waals surface area (Å²) in [5, 5.41) is 2.72. The fourth-order valence-corrected chi connectivity index (χ4v) is 2.31. The van der Waals surface area contributed by atoms with Gasteiger partial charge >= 0.3 is 0 Å². The maximum atomic E-state index is 13.6. The van der Waals surface area contributed by atoms with Crippen LogP contribution in [0.15, 0.2) is 42.5 Å². The standard InChI is InChI=1S/C20H22FNO3/c1-14-4-7-18(15(2)12-14)25-11-10-22-20(23)9-6-16-5-8-19(24-3)17(21)13-16/h4-9,12-13H,10-11H2,1-3H3,(H,22,23)/b9-6+. The molecule has 25 heavy (non-hydrogen) atoms. The van der Waals surface area contributed by atoms with Gasteiger partial charge in [0, 0.05) is 6.08 Å². The molecule has 1 N–H and O–H groups in total. The summed E-state index contributed by atoms with van der Waals surface area (Å²) < 4.78 is 24.1. The van der Waals surface area contributed by atoms with E-state index in [9.17, 15) is 9.18 Å². The zero-order valence-electron chi connectivity index (χ0n) is 14.6. The molecule has 2 rings (SSSR count). The zero-order chi connectivity index (χ0) is 18.2. The molecular formula is C20H22FNO3. The van der Waals surface area contributed by atoms with Gasteiger partial charge in [-0.15, -0.1) is 0 Å². The van der Waals surface area contributed by atoms with Gasteiger partial charge in [0.1, 0.15) is 12.4 Å². The minimum absolute atomic E-state index is 0.171. The van der Waals surface area contributed by atoms with Gasteiger partial charge in [-0.3, -0.25) is 4.79 Å². The molecule has 0 spiro atoms. The normalized spacial score (nSPS) is 10.7. The molecule has 0 atom stereocenters. The van der Waals surface area contributed by atoms with E-state index in [1.165, 1.54) is 30.9 Å². The van der Waals surface area contributed by atoms with E-state index in [1.54, 1.807) is 12.1 Å². The highest BCUT2D eigenvalue weighted by Gasteiger charge is 2.03. The van der Waals surface area contributed by atoms with Gasteiger partial charge in [0.2, 0.25) is 5.91 Å². The lowest BCUT2D eigenvalue weighted by molar-refractivity contribution is -0.116. The Balaban J connectivity index is 1.77. The third-order valence-corrected chi connectivity index (χ3v) is 3.59. The van der Waals surface area contributed by atoms with Crippen LogP contribution < -0.4 is 14.8 Å². The van der Waals surface area contributed by atoms with Crippen LogP contribution in [0.3, 0.4) is 0 Å². The Labute approximate surface area is 147 Å². The Hall–Kier alpha value is -2.82. The van der Waals surface area contributed by atoms with Crippen LogP contribution in [0.2, 0.25) is 0 Å². The minimum Gasteiger partial charge on any atom is -0.494 e. The van der Waals surface area contributed by atoms with E-state index < -0.39 is 5.82 Å². The fourth-order valence-electron chi connectivity index (χ4n) is 2.31. The summed E-state index contributed by atoms with van der Waals surface area (Å²) in [5.41, 5.74) is 2.82. The van der Waals surface area contributed by atoms with Crippen molar-refractivity contribution in [2.24, 2.45) is 0 Å². The summed E-state index contributed by atoms with van der Waals surface area (Å²) in [6.07, 6.45) is 2.90. The smallest absolute Gasteiger partial charge is 0.244 e. The Morgan fingerprint density at radius 3 is 2.60 bits per heavy atom. The number of carbonyl (C=O) groups excluding carboxylic acids is 1. The van der Waals surface area contributed by atoms with E-state index in [-0.39, 0.29) is 11.7 Å². The number of rotatable bonds is 7. The molecule has 0 bridgehead atoms. The van der Waals surface area contributed by atoms with Gasteiger partial charge in [-0.2, -0.15) is 0 Å². The highest BCUT2D eigenvalue weighted by molar-refractivity contribution is 5.91. The summed E-state index contributed by atoms with van der Waals surface area (Å²) >= 11 is 0. The van der Waals surface area contributed by atoms with Gasteiger partial charge in [0.15, 0.2) is 11.6 Å². The third kappa shape index (κ3) is 5.64. The second-order valence-electron chi connectivity index (χ2n) is 5.64. The number of amides is 1. The van der Waals surface area contributed by atoms with Crippen LogP contribution in [0.5, 0.6) is 11.5 Å². The number of carbonyl (C=O) groups is 1. The van der Waals surface area contributed by atoms with Gasteiger partial charge in [-0.25, -0.2) is 4.39 Å². The van der Waals surface area contributed by atoms with E-state index in [0.717, 1.165) is 11.3 Å². The predicted octanol–water partition coefficient (Wildman–Crippen LogP) is 3.66. The molecule has 0 unspecified atom stereocenters. The Kier molecular flexibility index (Phi) is 6.57. The SMILES string of the molecule is COc1ccc(/C=C/C(=O)NCCOc2ccc(C)cc2C)cc1F. The van der Waals surface area contributed by atoms with Gasteiger partial charge in [-0.1, -0.05) is 23.8 Å². The van der Waals surface area contributed by atoms with E-state index in [2.05, 4.69) is 5.32 Å². The highest BCUT2D eigenvalue weighted by atomic mass is 19.1. The number of nitrogens with one attached hydrogen (secondary N) is 1. The van der Waals surface area contributed by atoms with Crippen molar-refractivity contribution in [3.05, 3.63) is 65.0 Å². The second kappa shape index (κ2) is 8.87. The van der Waals surface area contributed by atoms with Gasteiger partial charge in [0.05, 0.1) is 13.7 Å². The van der Waals surface area contributed by atoms with Crippen molar-refractivity contribution in [2.75, 3.05) is 20.3 Å². The lowest BCUT2D eigenvalue weighted by Gasteiger charge is -2.09. The second-order valence-corrected chi connectivity index (χ2v) is 5.64. The topological polar surface area (TPSA) is 47.6 Å². The van der Waals surface area contributed by atoms with Crippen molar-refractivity contribution < 1.29 is 18.7 Å². The highest BCUT2D eigenvalue weighted by Crippen LogP contribution is 2.19. The average Bonchev–Trinajstić information content (AvgIpc) is 2.58. The number of halogens is 1. The predicted molar refractivity (Wildman–Crippen MR) is 96.4 cm³/mol. The molecule has 0 heterocycles. The van der Waals surface area contributed by atoms with Crippen LogP contribution in [0.1, 0.15) is 16.7 Å². The zero-order valence-corrected chi connectivity index (χ0v) is 14.6. The minimum atomic E-state index is -0.466. The maximum Gasteiger partial charge on any atom is 0.244 e. The number of hydrogen-bond donors (Lipinski definition) is 1. The van der Waals surface area contributed by atoms with Crippen molar-refractivity contribution in [3.63, 3.8) is 0 Å². The molecule has 2 aromatic rings. The van der Waals surface area contributed by atoms with Crippen LogP contribution in [0.4, 0.5) is 4.39 Å². The quantitative estimate of drug-likeness (QED) is 0.616. The summed E-state index contributed by atoms with van der Waals surface area (Å²) in [6.45, 7) is 4.77. The molecular weight excluding hydrogens is 321 g/mol. The van der Waals surface area contributed by atoms with Crippen LogP contribution >= 0.6 is 0 Å². The summed E-state index contributed by atoms with van der Waals surface area (Å²) in [7, 11) is 1.40. The lowest BCUT2D eigenvalue weighted by Crippen LogP contribution is -2.26. The number of ether oxygens (including phenoxy) is 2. The van der Waals surface area contributed by atoms with Crippen molar-refractivity contribution >= 4 is 12.0 Å². The van der Waals surface area contributed by atoms with E-state index in [1.807, 2.05) is 32.0 Å². The molecule has 5 heteroatoms. The molecule has 1 amide bonds. The molecule has 0 aliphatic rings. The fraction of sp³-hybridized carbons (Fsp3) is 0.250. The Morgan fingerprint density at radius 1 is 1.16 bits per heavy atom. The van der Waals surface area contributed by atoms with Gasteiger partial charge in [-0.05, 0) is 49.2 Å². The van der Waals surface area contributed by atoms with Crippen LogP contribution in [0, 0.1) is 19.7 Å². The monoisotopic (exact) mass is 343 g/mol. The third-order valence-electron chi connectivity index (χ3n) is 3.59. The summed E-state index contributed by atoms with van der Waals surface area (Å²) in [5.74, 6) is 0.252. The van der Waals surface area contributed by atoms with Crippen LogP contribution in [-0.4, -0.2) is 26.2 Å². The molecule has 0 saturated heterocycles. The molecule has 0 aliphatic heterocycles. The first-order chi connectivity index (χ1) is 12.0.